The Morgan fingerprint density at radius 1 is 1.12 bits per heavy atom. The fourth-order valence-electron chi connectivity index (χ4n) is 1.74. The molecule has 88 valence electrons. The van der Waals surface area contributed by atoms with Crippen molar-refractivity contribution in [1.82, 2.24) is 0 Å². The van der Waals surface area contributed by atoms with E-state index in [1.807, 2.05) is 6.92 Å². The first-order chi connectivity index (χ1) is 8.09. The van der Waals surface area contributed by atoms with E-state index in [-0.39, 0.29) is 5.56 Å². The minimum Gasteiger partial charge on any atom is -0.383 e. The van der Waals surface area contributed by atoms with Gasteiger partial charge >= 0.3 is 0 Å². The fraction of sp³-hybridized carbons (Fsp3) is 0.143. The first-order valence-corrected chi connectivity index (χ1v) is 5.66. The van der Waals surface area contributed by atoms with Gasteiger partial charge in [-0.05, 0) is 19.1 Å². The second-order valence-corrected chi connectivity index (χ2v) is 4.36. The molecule has 0 aliphatic carbocycles. The SMILES string of the molecule is Cc1ccc(F)c(C(O)c2ccccc2Cl)c1. The van der Waals surface area contributed by atoms with Crippen LogP contribution in [-0.2, 0) is 0 Å². The average molecular weight is 251 g/mol. The van der Waals surface area contributed by atoms with Gasteiger partial charge in [0.1, 0.15) is 11.9 Å². The zero-order chi connectivity index (χ0) is 12.4. The standard InChI is InChI=1S/C14H12ClFO/c1-9-6-7-13(16)11(8-9)14(17)10-4-2-3-5-12(10)15/h2-8,14,17H,1H3. The van der Waals surface area contributed by atoms with E-state index in [0.29, 0.717) is 10.6 Å². The fourth-order valence-corrected chi connectivity index (χ4v) is 1.98. The van der Waals surface area contributed by atoms with E-state index in [1.165, 1.54) is 6.07 Å². The van der Waals surface area contributed by atoms with Crippen molar-refractivity contribution in [2.24, 2.45) is 0 Å². The van der Waals surface area contributed by atoms with Crippen molar-refractivity contribution >= 4 is 11.6 Å². The Hall–Kier alpha value is -1.38. The van der Waals surface area contributed by atoms with Crippen LogP contribution in [0.1, 0.15) is 22.8 Å². The van der Waals surface area contributed by atoms with Crippen LogP contribution >= 0.6 is 11.6 Å². The molecule has 0 aliphatic heterocycles. The Labute approximate surface area is 104 Å². The predicted molar refractivity (Wildman–Crippen MR) is 66.7 cm³/mol. The molecule has 2 rings (SSSR count). The van der Waals surface area contributed by atoms with Crippen LogP contribution in [0.15, 0.2) is 42.5 Å². The van der Waals surface area contributed by atoms with Crippen LogP contribution in [0, 0.1) is 12.7 Å². The lowest BCUT2D eigenvalue weighted by Gasteiger charge is -2.14. The summed E-state index contributed by atoms with van der Waals surface area (Å²) in [4.78, 5) is 0. The van der Waals surface area contributed by atoms with Crippen molar-refractivity contribution < 1.29 is 9.50 Å². The van der Waals surface area contributed by atoms with Crippen LogP contribution in [-0.4, -0.2) is 5.11 Å². The summed E-state index contributed by atoms with van der Waals surface area (Å²) in [5, 5.41) is 10.6. The Morgan fingerprint density at radius 2 is 1.82 bits per heavy atom. The molecule has 0 amide bonds. The van der Waals surface area contributed by atoms with Gasteiger partial charge in [0.2, 0.25) is 0 Å². The summed E-state index contributed by atoms with van der Waals surface area (Å²) in [5.74, 6) is -0.428. The summed E-state index contributed by atoms with van der Waals surface area (Å²) in [7, 11) is 0. The van der Waals surface area contributed by atoms with E-state index in [0.717, 1.165) is 5.56 Å². The van der Waals surface area contributed by atoms with Gasteiger partial charge in [0, 0.05) is 16.1 Å². The van der Waals surface area contributed by atoms with Crippen LogP contribution in [0.4, 0.5) is 4.39 Å². The van der Waals surface area contributed by atoms with Gasteiger partial charge in [-0.15, -0.1) is 0 Å². The molecule has 2 aromatic carbocycles. The molecule has 0 aliphatic rings. The molecule has 1 unspecified atom stereocenters. The molecule has 3 heteroatoms. The molecule has 0 fully saturated rings. The molecule has 0 saturated carbocycles. The van der Waals surface area contributed by atoms with E-state index in [1.54, 1.807) is 36.4 Å². The molecule has 0 spiro atoms. The number of hydrogen-bond acceptors (Lipinski definition) is 1. The molecule has 1 nitrogen and oxygen atoms in total. The first-order valence-electron chi connectivity index (χ1n) is 5.28. The molecule has 0 heterocycles. The van der Waals surface area contributed by atoms with Crippen molar-refractivity contribution in [3.8, 4) is 0 Å². The van der Waals surface area contributed by atoms with E-state index in [2.05, 4.69) is 0 Å². The zero-order valence-corrected chi connectivity index (χ0v) is 10.1. The molecule has 17 heavy (non-hydrogen) atoms. The monoisotopic (exact) mass is 250 g/mol. The average Bonchev–Trinajstić information content (AvgIpc) is 2.32. The van der Waals surface area contributed by atoms with Gasteiger partial charge in [-0.25, -0.2) is 4.39 Å². The number of aliphatic hydroxyl groups is 1. The number of benzene rings is 2. The molecule has 0 bridgehead atoms. The highest BCUT2D eigenvalue weighted by molar-refractivity contribution is 6.31. The summed E-state index contributed by atoms with van der Waals surface area (Å²) in [6, 6.07) is 11.5. The van der Waals surface area contributed by atoms with Gasteiger partial charge in [-0.1, -0.05) is 47.5 Å². The summed E-state index contributed by atoms with van der Waals surface area (Å²) in [5.41, 5.74) is 1.66. The van der Waals surface area contributed by atoms with Crippen LogP contribution in [0.25, 0.3) is 0 Å². The molecular formula is C14H12ClFO. The summed E-state index contributed by atoms with van der Waals surface area (Å²) < 4.78 is 13.6. The lowest BCUT2D eigenvalue weighted by Crippen LogP contribution is -2.03. The Bertz CT molecular complexity index is 539. The third kappa shape index (κ3) is 2.48. The molecular weight excluding hydrogens is 239 g/mol. The van der Waals surface area contributed by atoms with E-state index in [9.17, 15) is 9.50 Å². The van der Waals surface area contributed by atoms with E-state index in [4.69, 9.17) is 11.6 Å². The maximum atomic E-state index is 13.6. The summed E-state index contributed by atoms with van der Waals surface area (Å²) in [6.45, 7) is 1.85. The van der Waals surface area contributed by atoms with Crippen LogP contribution in [0.2, 0.25) is 5.02 Å². The number of hydrogen-bond donors (Lipinski definition) is 1. The van der Waals surface area contributed by atoms with Crippen LogP contribution in [0.3, 0.4) is 0 Å². The summed E-state index contributed by atoms with van der Waals surface area (Å²) >= 11 is 5.98. The van der Waals surface area contributed by atoms with Gasteiger partial charge in [-0.3, -0.25) is 0 Å². The molecule has 1 atom stereocenters. The van der Waals surface area contributed by atoms with Gasteiger partial charge in [0.15, 0.2) is 0 Å². The molecule has 2 aromatic rings. The number of rotatable bonds is 2. The lowest BCUT2D eigenvalue weighted by molar-refractivity contribution is 0.215. The second-order valence-electron chi connectivity index (χ2n) is 3.95. The maximum Gasteiger partial charge on any atom is 0.129 e. The highest BCUT2D eigenvalue weighted by Gasteiger charge is 2.17. The highest BCUT2D eigenvalue weighted by atomic mass is 35.5. The number of aryl methyl sites for hydroxylation is 1. The minimum absolute atomic E-state index is 0.248. The molecule has 1 N–H and O–H groups in total. The molecule has 0 radical (unpaired) electrons. The lowest BCUT2D eigenvalue weighted by atomic mass is 9.99. The Morgan fingerprint density at radius 3 is 2.53 bits per heavy atom. The van der Waals surface area contributed by atoms with Crippen molar-refractivity contribution in [2.45, 2.75) is 13.0 Å². The van der Waals surface area contributed by atoms with Gasteiger partial charge in [0.05, 0.1) is 0 Å². The molecule has 0 saturated heterocycles. The van der Waals surface area contributed by atoms with Gasteiger partial charge in [0.25, 0.3) is 0 Å². The Kier molecular flexibility index (Phi) is 3.46. The van der Waals surface area contributed by atoms with Crippen molar-refractivity contribution in [3.05, 3.63) is 70.0 Å². The van der Waals surface area contributed by atoms with Crippen molar-refractivity contribution in [1.29, 1.82) is 0 Å². The van der Waals surface area contributed by atoms with E-state index >= 15 is 0 Å². The van der Waals surface area contributed by atoms with E-state index < -0.39 is 11.9 Å². The predicted octanol–water partition coefficient (Wildman–Crippen LogP) is 3.87. The largest absolute Gasteiger partial charge is 0.383 e. The molecule has 0 aromatic heterocycles. The highest BCUT2D eigenvalue weighted by Crippen LogP contribution is 2.29. The number of halogens is 2. The zero-order valence-electron chi connectivity index (χ0n) is 9.32. The third-order valence-corrected chi connectivity index (χ3v) is 2.99. The van der Waals surface area contributed by atoms with Gasteiger partial charge < -0.3 is 5.11 Å². The maximum absolute atomic E-state index is 13.6. The minimum atomic E-state index is -1.04. The topological polar surface area (TPSA) is 20.2 Å². The quantitative estimate of drug-likeness (QED) is 0.858. The third-order valence-electron chi connectivity index (χ3n) is 2.65. The normalized spacial score (nSPS) is 12.5. The number of aliphatic hydroxyl groups excluding tert-OH is 1. The first kappa shape index (κ1) is 12.1. The second kappa shape index (κ2) is 4.86. The summed E-state index contributed by atoms with van der Waals surface area (Å²) in [6.07, 6.45) is -1.04. The van der Waals surface area contributed by atoms with Gasteiger partial charge in [-0.2, -0.15) is 0 Å². The Balaban J connectivity index is 2.47. The van der Waals surface area contributed by atoms with Crippen molar-refractivity contribution in [2.75, 3.05) is 0 Å². The van der Waals surface area contributed by atoms with Crippen LogP contribution in [0.5, 0.6) is 0 Å². The van der Waals surface area contributed by atoms with Crippen molar-refractivity contribution in [3.63, 3.8) is 0 Å². The smallest absolute Gasteiger partial charge is 0.129 e. The van der Waals surface area contributed by atoms with Crippen LogP contribution < -0.4 is 0 Å².